The molecule has 1 atom stereocenters. The minimum atomic E-state index is 0.0280. The molecule has 0 unspecified atom stereocenters. The molecule has 2 fully saturated rings. The van der Waals surface area contributed by atoms with E-state index in [1.54, 1.807) is 14.2 Å². The Bertz CT molecular complexity index is 892. The first-order chi connectivity index (χ1) is 15.7. The number of benzene rings is 1. The monoisotopic (exact) mass is 442 g/mol. The number of likely N-dealkylation sites (tertiary alicyclic amines) is 1. The van der Waals surface area contributed by atoms with Gasteiger partial charge in [0.2, 0.25) is 17.6 Å². The third-order valence-electron chi connectivity index (χ3n) is 6.55. The highest BCUT2D eigenvalue weighted by Crippen LogP contribution is 2.31. The van der Waals surface area contributed by atoms with Gasteiger partial charge in [-0.3, -0.25) is 9.69 Å². The van der Waals surface area contributed by atoms with Crippen LogP contribution in [0.4, 0.5) is 0 Å². The molecule has 1 aromatic heterocycles. The number of carbonyl (C=O) groups is 1. The van der Waals surface area contributed by atoms with E-state index >= 15 is 0 Å². The summed E-state index contributed by atoms with van der Waals surface area (Å²) < 4.78 is 16.2. The van der Waals surface area contributed by atoms with Crippen molar-refractivity contribution >= 4 is 5.91 Å². The van der Waals surface area contributed by atoms with Crippen molar-refractivity contribution in [1.82, 2.24) is 20.4 Å². The average molecular weight is 443 g/mol. The summed E-state index contributed by atoms with van der Waals surface area (Å²) in [5.74, 6) is 2.58. The van der Waals surface area contributed by atoms with Crippen LogP contribution in [0.1, 0.15) is 57.3 Å². The predicted molar refractivity (Wildman–Crippen MR) is 120 cm³/mol. The summed E-state index contributed by atoms with van der Waals surface area (Å²) in [5, 5.41) is 7.45. The highest BCUT2D eigenvalue weighted by molar-refractivity contribution is 5.79. The molecule has 1 saturated carbocycles. The number of ether oxygens (including phenoxy) is 2. The second kappa shape index (κ2) is 10.8. The molecule has 0 spiro atoms. The SMILES string of the molecule is COc1ccc(-c2noc(CN3CCC[C@H](C(=O)NC4CCCCCC4)C3)n2)cc1OC. The van der Waals surface area contributed by atoms with Gasteiger partial charge < -0.3 is 19.3 Å². The van der Waals surface area contributed by atoms with E-state index in [4.69, 9.17) is 14.0 Å². The fourth-order valence-electron chi connectivity index (χ4n) is 4.76. The van der Waals surface area contributed by atoms with E-state index in [-0.39, 0.29) is 11.8 Å². The van der Waals surface area contributed by atoms with E-state index in [2.05, 4.69) is 20.4 Å². The van der Waals surface area contributed by atoms with Gasteiger partial charge in [0.1, 0.15) is 0 Å². The third-order valence-corrected chi connectivity index (χ3v) is 6.55. The van der Waals surface area contributed by atoms with Crippen molar-refractivity contribution in [2.75, 3.05) is 27.3 Å². The zero-order chi connectivity index (χ0) is 22.3. The molecular formula is C24H34N4O4. The van der Waals surface area contributed by atoms with Gasteiger partial charge in [0, 0.05) is 18.2 Å². The Morgan fingerprint density at radius 2 is 1.88 bits per heavy atom. The van der Waals surface area contributed by atoms with Gasteiger partial charge >= 0.3 is 0 Å². The average Bonchev–Trinajstić information content (AvgIpc) is 3.13. The number of piperidine rings is 1. The maximum Gasteiger partial charge on any atom is 0.241 e. The lowest BCUT2D eigenvalue weighted by atomic mass is 9.96. The molecule has 8 nitrogen and oxygen atoms in total. The summed E-state index contributed by atoms with van der Waals surface area (Å²) in [6.07, 6.45) is 9.20. The molecule has 2 heterocycles. The Hall–Kier alpha value is -2.61. The fraction of sp³-hybridized carbons (Fsp3) is 0.625. The smallest absolute Gasteiger partial charge is 0.241 e. The standard InChI is InChI=1S/C24H34N4O4/c1-30-20-12-11-17(14-21(20)31-2)23-26-22(32-27-23)16-28-13-7-8-18(15-28)24(29)25-19-9-5-3-4-6-10-19/h11-12,14,18-19H,3-10,13,15-16H2,1-2H3,(H,25,29)/t18-/m0/s1. The van der Waals surface area contributed by atoms with Gasteiger partial charge in [0.15, 0.2) is 11.5 Å². The van der Waals surface area contributed by atoms with Gasteiger partial charge in [-0.25, -0.2) is 0 Å². The first kappa shape index (κ1) is 22.6. The van der Waals surface area contributed by atoms with Crippen molar-refractivity contribution in [3.05, 3.63) is 24.1 Å². The van der Waals surface area contributed by atoms with E-state index in [9.17, 15) is 4.79 Å². The molecule has 1 aliphatic heterocycles. The highest BCUT2D eigenvalue weighted by atomic mass is 16.5. The number of nitrogens with one attached hydrogen (secondary N) is 1. The van der Waals surface area contributed by atoms with Gasteiger partial charge in [-0.05, 0) is 50.4 Å². The summed E-state index contributed by atoms with van der Waals surface area (Å²) in [7, 11) is 3.20. The fourth-order valence-corrected chi connectivity index (χ4v) is 4.76. The van der Waals surface area contributed by atoms with Crippen molar-refractivity contribution in [2.45, 2.75) is 64.0 Å². The molecule has 1 N–H and O–H groups in total. The van der Waals surface area contributed by atoms with E-state index in [0.717, 1.165) is 44.3 Å². The molecule has 1 amide bonds. The maximum atomic E-state index is 12.9. The van der Waals surface area contributed by atoms with Gasteiger partial charge in [-0.1, -0.05) is 30.8 Å². The van der Waals surface area contributed by atoms with Crippen LogP contribution >= 0.6 is 0 Å². The van der Waals surface area contributed by atoms with Crippen molar-refractivity contribution in [2.24, 2.45) is 5.92 Å². The van der Waals surface area contributed by atoms with Crippen LogP contribution in [-0.2, 0) is 11.3 Å². The lowest BCUT2D eigenvalue weighted by Gasteiger charge is -2.31. The zero-order valence-electron chi connectivity index (χ0n) is 19.1. The largest absolute Gasteiger partial charge is 0.493 e. The lowest BCUT2D eigenvalue weighted by molar-refractivity contribution is -0.127. The minimum absolute atomic E-state index is 0.0280. The normalized spacial score (nSPS) is 20.5. The molecule has 1 aromatic carbocycles. The number of nitrogens with zero attached hydrogens (tertiary/aromatic N) is 3. The van der Waals surface area contributed by atoms with Crippen LogP contribution in [0, 0.1) is 5.92 Å². The molecule has 8 heteroatoms. The van der Waals surface area contributed by atoms with Crippen molar-refractivity contribution in [3.63, 3.8) is 0 Å². The number of rotatable bonds is 7. The van der Waals surface area contributed by atoms with Crippen LogP contribution in [0.3, 0.4) is 0 Å². The van der Waals surface area contributed by atoms with Crippen molar-refractivity contribution in [1.29, 1.82) is 0 Å². The molecule has 1 aliphatic carbocycles. The first-order valence-electron chi connectivity index (χ1n) is 11.7. The summed E-state index contributed by atoms with van der Waals surface area (Å²) in [6.45, 7) is 2.21. The molecule has 2 aromatic rings. The number of amides is 1. The van der Waals surface area contributed by atoms with Crippen LogP contribution < -0.4 is 14.8 Å². The first-order valence-corrected chi connectivity index (χ1v) is 11.7. The quantitative estimate of drug-likeness (QED) is 0.652. The molecule has 4 rings (SSSR count). The number of methoxy groups -OCH3 is 2. The van der Waals surface area contributed by atoms with Crippen LogP contribution in [0.25, 0.3) is 11.4 Å². The van der Waals surface area contributed by atoms with E-state index in [1.165, 1.54) is 25.7 Å². The molecule has 0 radical (unpaired) electrons. The Labute approximate surface area is 189 Å². The molecule has 174 valence electrons. The Morgan fingerprint density at radius 1 is 1.09 bits per heavy atom. The summed E-state index contributed by atoms with van der Waals surface area (Å²) in [4.78, 5) is 19.7. The third kappa shape index (κ3) is 5.59. The van der Waals surface area contributed by atoms with E-state index < -0.39 is 0 Å². The number of aromatic nitrogens is 2. The lowest BCUT2D eigenvalue weighted by Crippen LogP contribution is -2.45. The van der Waals surface area contributed by atoms with E-state index in [1.807, 2.05) is 18.2 Å². The summed E-state index contributed by atoms with van der Waals surface area (Å²) >= 11 is 0. The van der Waals surface area contributed by atoms with Gasteiger partial charge in [-0.15, -0.1) is 0 Å². The zero-order valence-corrected chi connectivity index (χ0v) is 19.1. The van der Waals surface area contributed by atoms with Crippen molar-refractivity contribution in [3.8, 4) is 22.9 Å². The summed E-state index contributed by atoms with van der Waals surface area (Å²) in [6, 6.07) is 5.89. The molecule has 32 heavy (non-hydrogen) atoms. The second-order valence-electron chi connectivity index (χ2n) is 8.85. The minimum Gasteiger partial charge on any atom is -0.493 e. The van der Waals surface area contributed by atoms with Crippen LogP contribution in [0.2, 0.25) is 0 Å². The topological polar surface area (TPSA) is 89.7 Å². The van der Waals surface area contributed by atoms with Gasteiger partial charge in [-0.2, -0.15) is 4.98 Å². The maximum absolute atomic E-state index is 12.9. The highest BCUT2D eigenvalue weighted by Gasteiger charge is 2.28. The Morgan fingerprint density at radius 3 is 2.62 bits per heavy atom. The van der Waals surface area contributed by atoms with Gasteiger partial charge in [0.05, 0.1) is 26.7 Å². The molecule has 0 bridgehead atoms. The molecular weight excluding hydrogens is 408 g/mol. The van der Waals surface area contributed by atoms with Crippen LogP contribution in [0.15, 0.2) is 22.7 Å². The molecule has 1 saturated heterocycles. The second-order valence-corrected chi connectivity index (χ2v) is 8.85. The summed E-state index contributed by atoms with van der Waals surface area (Å²) in [5.41, 5.74) is 0.803. The number of hydrogen-bond donors (Lipinski definition) is 1. The number of carbonyl (C=O) groups excluding carboxylic acids is 1. The Kier molecular flexibility index (Phi) is 7.63. The van der Waals surface area contributed by atoms with Crippen molar-refractivity contribution < 1.29 is 18.8 Å². The van der Waals surface area contributed by atoms with Crippen LogP contribution in [0.5, 0.6) is 11.5 Å². The predicted octanol–water partition coefficient (Wildman–Crippen LogP) is 3.80. The van der Waals surface area contributed by atoms with Gasteiger partial charge in [0.25, 0.3) is 0 Å². The number of hydrogen-bond acceptors (Lipinski definition) is 7. The van der Waals surface area contributed by atoms with Crippen LogP contribution in [-0.4, -0.2) is 54.3 Å². The Balaban J connectivity index is 1.34. The van der Waals surface area contributed by atoms with E-state index in [0.29, 0.717) is 35.8 Å². The molecule has 2 aliphatic rings.